The van der Waals surface area contributed by atoms with Crippen LogP contribution in [0.2, 0.25) is 0 Å². The number of rotatable bonds is 8. The number of hydrogen-bond donors (Lipinski definition) is 2. The van der Waals surface area contributed by atoms with Crippen molar-refractivity contribution < 1.29 is 19.2 Å². The fourth-order valence-corrected chi connectivity index (χ4v) is 6.36. The van der Waals surface area contributed by atoms with E-state index >= 15 is 0 Å². The number of ether oxygens (including phenoxy) is 1. The quantitative estimate of drug-likeness (QED) is 0.291. The molecule has 8 heteroatoms. The van der Waals surface area contributed by atoms with Crippen LogP contribution in [0.1, 0.15) is 65.4 Å². The van der Waals surface area contributed by atoms with Crippen LogP contribution in [0.5, 0.6) is 5.75 Å². The molecule has 0 unspecified atom stereocenters. The van der Waals surface area contributed by atoms with Crippen LogP contribution in [-0.2, 0) is 13.2 Å². The zero-order valence-electron chi connectivity index (χ0n) is 22.7. The normalized spacial score (nSPS) is 15.7. The molecule has 0 amide bonds. The summed E-state index contributed by atoms with van der Waals surface area (Å²) >= 11 is 0. The summed E-state index contributed by atoms with van der Waals surface area (Å²) < 4.78 is 13.7. The minimum Gasteiger partial charge on any atom is -0.487 e. The zero-order valence-corrected chi connectivity index (χ0v) is 22.7. The number of hydrogen-bond acceptors (Lipinski definition) is 6. The van der Waals surface area contributed by atoms with Gasteiger partial charge in [-0.25, -0.2) is 4.79 Å². The first-order valence-electron chi connectivity index (χ1n) is 14.0. The molecule has 2 aromatic heterocycles. The SMILES string of the molecule is CNCCN1CCn2c(c(C3CCCCC3)c3ccc(C(=O)O)cc32)-c2ccc(OCc3cc(C)on3)cc21. The number of aromatic nitrogens is 2. The van der Waals surface area contributed by atoms with Gasteiger partial charge in [-0.15, -0.1) is 0 Å². The van der Waals surface area contributed by atoms with Gasteiger partial charge in [0.15, 0.2) is 0 Å². The highest BCUT2D eigenvalue weighted by Crippen LogP contribution is 2.48. The van der Waals surface area contributed by atoms with Gasteiger partial charge in [-0.2, -0.15) is 0 Å². The first-order chi connectivity index (χ1) is 19.0. The van der Waals surface area contributed by atoms with E-state index in [2.05, 4.69) is 32.1 Å². The minimum atomic E-state index is -0.888. The number of anilines is 1. The number of nitrogens with one attached hydrogen (secondary N) is 1. The Kier molecular flexibility index (Phi) is 7.04. The van der Waals surface area contributed by atoms with E-state index < -0.39 is 5.97 Å². The van der Waals surface area contributed by atoms with Gasteiger partial charge in [-0.05, 0) is 62.6 Å². The number of nitrogens with zero attached hydrogens (tertiary/aromatic N) is 3. The molecular weight excluding hydrogens is 492 g/mol. The number of benzene rings is 2. The van der Waals surface area contributed by atoms with Gasteiger partial charge in [0.05, 0.1) is 11.3 Å². The molecule has 4 aromatic rings. The molecule has 2 aromatic carbocycles. The standard InChI is InChI=1S/C31H36N4O4/c1-20-16-23(33-39-20)19-38-24-9-11-26-27(18-24)34(13-12-32-2)14-15-35-28-17-22(31(36)37)8-10-25(28)29(30(26)35)21-6-4-3-5-7-21/h8-11,16-18,21,32H,3-7,12-15,19H2,1-2H3,(H,36,37). The van der Waals surface area contributed by atoms with Crippen LogP contribution in [-0.4, -0.2) is 47.5 Å². The van der Waals surface area contributed by atoms with E-state index in [9.17, 15) is 9.90 Å². The lowest BCUT2D eigenvalue weighted by atomic mass is 9.81. The van der Waals surface area contributed by atoms with E-state index in [-0.39, 0.29) is 0 Å². The Bertz CT molecular complexity index is 1500. The summed E-state index contributed by atoms with van der Waals surface area (Å²) in [5, 5.41) is 18.3. The molecule has 2 aliphatic rings. The van der Waals surface area contributed by atoms with Gasteiger partial charge in [0.1, 0.15) is 23.8 Å². The molecule has 0 atom stereocenters. The molecule has 6 rings (SSSR count). The van der Waals surface area contributed by atoms with Gasteiger partial charge >= 0.3 is 5.97 Å². The average molecular weight is 529 g/mol. The summed E-state index contributed by atoms with van der Waals surface area (Å²) in [5.74, 6) is 1.14. The van der Waals surface area contributed by atoms with E-state index in [0.29, 0.717) is 18.1 Å². The van der Waals surface area contributed by atoms with E-state index in [0.717, 1.165) is 54.6 Å². The van der Waals surface area contributed by atoms with E-state index in [4.69, 9.17) is 9.26 Å². The first-order valence-corrected chi connectivity index (χ1v) is 14.0. The van der Waals surface area contributed by atoms with E-state index in [1.54, 1.807) is 6.07 Å². The number of aryl methyl sites for hydroxylation is 1. The highest BCUT2D eigenvalue weighted by molar-refractivity contribution is 5.99. The van der Waals surface area contributed by atoms with Crippen LogP contribution in [0.15, 0.2) is 47.0 Å². The van der Waals surface area contributed by atoms with Crippen molar-refractivity contribution in [2.45, 2.75) is 58.1 Å². The molecular formula is C31H36N4O4. The number of carboxylic acid groups (broad SMARTS) is 1. The molecule has 39 heavy (non-hydrogen) atoms. The van der Waals surface area contributed by atoms with Crippen LogP contribution >= 0.6 is 0 Å². The van der Waals surface area contributed by atoms with E-state index in [1.807, 2.05) is 38.2 Å². The summed E-state index contributed by atoms with van der Waals surface area (Å²) in [6.45, 7) is 5.54. The summed E-state index contributed by atoms with van der Waals surface area (Å²) in [5.41, 5.74) is 7.07. The summed E-state index contributed by atoms with van der Waals surface area (Å²) in [6, 6.07) is 13.9. The van der Waals surface area contributed by atoms with Crippen LogP contribution in [0.3, 0.4) is 0 Å². The van der Waals surface area contributed by atoms with Crippen molar-refractivity contribution in [3.05, 3.63) is 65.0 Å². The lowest BCUT2D eigenvalue weighted by Gasteiger charge is -2.26. The second-order valence-corrected chi connectivity index (χ2v) is 10.8. The van der Waals surface area contributed by atoms with Gasteiger partial charge in [0.25, 0.3) is 0 Å². The summed E-state index contributed by atoms with van der Waals surface area (Å²) in [6.07, 6.45) is 6.10. The molecule has 1 fully saturated rings. The van der Waals surface area contributed by atoms with Crippen molar-refractivity contribution >= 4 is 22.6 Å². The van der Waals surface area contributed by atoms with Gasteiger partial charge in [-0.1, -0.05) is 30.5 Å². The lowest BCUT2D eigenvalue weighted by molar-refractivity contribution is 0.0697. The van der Waals surface area contributed by atoms with Crippen LogP contribution in [0.4, 0.5) is 5.69 Å². The van der Waals surface area contributed by atoms with Gasteiger partial charge in [0, 0.05) is 60.5 Å². The first kappa shape index (κ1) is 25.5. The van der Waals surface area contributed by atoms with Crippen molar-refractivity contribution in [3.8, 4) is 17.0 Å². The largest absolute Gasteiger partial charge is 0.487 e. The molecule has 0 bridgehead atoms. The summed E-state index contributed by atoms with van der Waals surface area (Å²) in [4.78, 5) is 14.3. The van der Waals surface area contributed by atoms with Crippen molar-refractivity contribution in [3.63, 3.8) is 0 Å². The lowest BCUT2D eigenvalue weighted by Crippen LogP contribution is -2.32. The van der Waals surface area contributed by atoms with Gasteiger partial charge in [0.2, 0.25) is 0 Å². The molecule has 0 saturated heterocycles. The maximum atomic E-state index is 11.9. The van der Waals surface area contributed by atoms with Gasteiger partial charge < -0.3 is 29.2 Å². The van der Waals surface area contributed by atoms with Crippen LogP contribution < -0.4 is 15.0 Å². The molecule has 3 heterocycles. The zero-order chi connectivity index (χ0) is 26.9. The smallest absolute Gasteiger partial charge is 0.335 e. The van der Waals surface area contributed by atoms with Crippen molar-refractivity contribution in [1.29, 1.82) is 0 Å². The highest BCUT2D eigenvalue weighted by Gasteiger charge is 2.31. The number of likely N-dealkylation sites (N-methyl/N-ethyl adjacent to an activating group) is 1. The predicted octanol–water partition coefficient (Wildman–Crippen LogP) is 5.97. The molecule has 1 aliphatic heterocycles. The second kappa shape index (κ2) is 10.8. The Morgan fingerprint density at radius 3 is 2.72 bits per heavy atom. The maximum Gasteiger partial charge on any atom is 0.335 e. The van der Waals surface area contributed by atoms with Crippen molar-refractivity contribution in [2.75, 3.05) is 31.6 Å². The van der Waals surface area contributed by atoms with Crippen molar-refractivity contribution in [2.24, 2.45) is 0 Å². The van der Waals surface area contributed by atoms with Crippen LogP contribution in [0.25, 0.3) is 22.2 Å². The number of carboxylic acids is 1. The molecule has 1 saturated carbocycles. The fraction of sp³-hybridized carbons (Fsp3) is 0.419. The monoisotopic (exact) mass is 528 g/mol. The molecule has 8 nitrogen and oxygen atoms in total. The minimum absolute atomic E-state index is 0.335. The molecule has 1 aliphatic carbocycles. The highest BCUT2D eigenvalue weighted by atomic mass is 16.5. The Balaban J connectivity index is 1.50. The Morgan fingerprint density at radius 1 is 1.13 bits per heavy atom. The molecule has 0 radical (unpaired) electrons. The predicted molar refractivity (Wildman–Crippen MR) is 152 cm³/mol. The molecule has 0 spiro atoms. The number of fused-ring (bicyclic) bond motifs is 5. The summed E-state index contributed by atoms with van der Waals surface area (Å²) in [7, 11) is 1.98. The topological polar surface area (TPSA) is 92.8 Å². The van der Waals surface area contributed by atoms with Crippen molar-refractivity contribution in [1.82, 2.24) is 15.0 Å². The maximum absolute atomic E-state index is 11.9. The Hall–Kier alpha value is -3.78. The fourth-order valence-electron chi connectivity index (χ4n) is 6.36. The Morgan fingerprint density at radius 2 is 1.97 bits per heavy atom. The number of carbonyl (C=O) groups is 1. The Labute approximate surface area is 228 Å². The average Bonchev–Trinajstić information content (AvgIpc) is 3.47. The third-order valence-corrected chi connectivity index (χ3v) is 8.22. The third kappa shape index (κ3) is 4.89. The van der Waals surface area contributed by atoms with Crippen LogP contribution in [0, 0.1) is 6.92 Å². The van der Waals surface area contributed by atoms with E-state index in [1.165, 1.54) is 54.3 Å². The van der Waals surface area contributed by atoms with Gasteiger partial charge in [-0.3, -0.25) is 0 Å². The number of aromatic carboxylic acids is 1. The molecule has 2 N–H and O–H groups in total. The molecule has 204 valence electrons. The third-order valence-electron chi connectivity index (χ3n) is 8.22. The second-order valence-electron chi connectivity index (χ2n) is 10.8.